The molecule has 154 valence electrons. The van der Waals surface area contributed by atoms with Crippen molar-refractivity contribution < 1.29 is 18.3 Å². The quantitative estimate of drug-likeness (QED) is 0.599. The van der Waals surface area contributed by atoms with Gasteiger partial charge in [-0.25, -0.2) is 4.39 Å². The molecule has 3 heterocycles. The number of fused-ring (bicyclic) bond motifs is 1. The minimum absolute atomic E-state index is 0.0718. The Labute approximate surface area is 178 Å². The van der Waals surface area contributed by atoms with Gasteiger partial charge in [-0.2, -0.15) is 0 Å². The zero-order chi connectivity index (χ0) is 21.4. The van der Waals surface area contributed by atoms with Gasteiger partial charge < -0.3 is 4.74 Å². The summed E-state index contributed by atoms with van der Waals surface area (Å²) in [5, 5.41) is 4.97. The first-order chi connectivity index (χ1) is 14.4. The topological polar surface area (TPSA) is 46.8 Å². The van der Waals surface area contributed by atoms with Gasteiger partial charge in [0.2, 0.25) is 0 Å². The van der Waals surface area contributed by atoms with E-state index in [4.69, 9.17) is 16.3 Å². The van der Waals surface area contributed by atoms with Crippen LogP contribution in [0.2, 0.25) is 5.02 Å². The molecule has 9 heteroatoms. The fraction of sp³-hybridized carbons (Fsp3) is 0.286. The maximum atomic E-state index is 14.9. The first kappa shape index (κ1) is 20.7. The summed E-state index contributed by atoms with van der Waals surface area (Å²) in [6.45, 7) is 0.287. The Morgan fingerprint density at radius 2 is 2.13 bits per heavy atom. The number of carbonyl (C=O) groups is 1. The molecule has 0 saturated carbocycles. The van der Waals surface area contributed by atoms with Crippen LogP contribution in [0.5, 0.6) is 0 Å². The van der Waals surface area contributed by atoms with Crippen molar-refractivity contribution in [1.82, 2.24) is 14.5 Å². The summed E-state index contributed by atoms with van der Waals surface area (Å²) in [5.41, 5.74) is 2.16. The van der Waals surface area contributed by atoms with Gasteiger partial charge in [0, 0.05) is 7.11 Å². The van der Waals surface area contributed by atoms with Crippen LogP contribution in [0, 0.1) is 5.82 Å². The van der Waals surface area contributed by atoms with Crippen molar-refractivity contribution in [2.24, 2.45) is 0 Å². The summed E-state index contributed by atoms with van der Waals surface area (Å²) in [5.74, 6) is 0.612. The van der Waals surface area contributed by atoms with E-state index in [0.717, 1.165) is 6.07 Å². The van der Waals surface area contributed by atoms with Crippen molar-refractivity contribution >= 4 is 36.5 Å². The van der Waals surface area contributed by atoms with Crippen LogP contribution in [-0.2, 0) is 4.74 Å². The fourth-order valence-electron chi connectivity index (χ4n) is 3.73. The molecule has 1 aliphatic rings. The summed E-state index contributed by atoms with van der Waals surface area (Å²) >= 11 is 6.18. The molecule has 0 bridgehead atoms. The predicted molar refractivity (Wildman–Crippen MR) is 114 cm³/mol. The van der Waals surface area contributed by atoms with Crippen LogP contribution in [0.1, 0.15) is 22.5 Å². The SMILES string of the molecule is B=Cc1cc(Cl)c2ccc(-c3ccc(C(=O)N4CCC(OC)C(F)C4)cc3F)nn12. The number of hydrogen-bond acceptors (Lipinski definition) is 3. The number of hydrogen-bond donors (Lipinski definition) is 0. The average Bonchev–Trinajstić information content (AvgIpc) is 3.08. The zero-order valence-corrected chi connectivity index (χ0v) is 17.1. The van der Waals surface area contributed by atoms with Gasteiger partial charge in [-0.1, -0.05) is 0 Å². The Hall–Kier alpha value is -2.58. The number of carbonyl (C=O) groups excluding carboxylic acids is 1. The van der Waals surface area contributed by atoms with Crippen LogP contribution in [-0.4, -0.2) is 66.4 Å². The third-order valence-electron chi connectivity index (χ3n) is 5.37. The monoisotopic (exact) mass is 429 g/mol. The minimum atomic E-state index is -1.26. The van der Waals surface area contributed by atoms with Crippen LogP contribution in [0.3, 0.4) is 0 Å². The van der Waals surface area contributed by atoms with Gasteiger partial charge in [-0.15, -0.1) is 0 Å². The molecule has 0 aliphatic carbocycles. The molecule has 5 nitrogen and oxygen atoms in total. The van der Waals surface area contributed by atoms with Crippen LogP contribution < -0.4 is 0 Å². The second-order valence-corrected chi connectivity index (χ2v) is 7.57. The molecule has 0 spiro atoms. The van der Waals surface area contributed by atoms with Gasteiger partial charge in [0.05, 0.1) is 6.10 Å². The second-order valence-electron chi connectivity index (χ2n) is 7.16. The van der Waals surface area contributed by atoms with Gasteiger partial charge in [0.15, 0.2) is 0 Å². The van der Waals surface area contributed by atoms with Crippen molar-refractivity contribution in [3.05, 3.63) is 58.5 Å². The third-order valence-corrected chi connectivity index (χ3v) is 5.67. The molecular weight excluding hydrogens is 411 g/mol. The number of likely N-dealkylation sites (tertiary alicyclic amines) is 1. The zero-order valence-electron chi connectivity index (χ0n) is 16.3. The number of amides is 1. The third kappa shape index (κ3) is 3.65. The van der Waals surface area contributed by atoms with Crippen molar-refractivity contribution in [2.45, 2.75) is 18.7 Å². The molecule has 4 rings (SSSR count). The van der Waals surface area contributed by atoms with Gasteiger partial charge in [-0.3, -0.25) is 0 Å². The number of rotatable bonds is 4. The van der Waals surface area contributed by atoms with E-state index in [-0.39, 0.29) is 17.7 Å². The summed E-state index contributed by atoms with van der Waals surface area (Å²) in [7, 11) is 5.19. The van der Waals surface area contributed by atoms with Crippen LogP contribution >= 0.6 is 11.6 Å². The number of ether oxygens (including phenoxy) is 1. The Bertz CT molecular complexity index is 1140. The van der Waals surface area contributed by atoms with E-state index in [9.17, 15) is 13.6 Å². The van der Waals surface area contributed by atoms with Crippen molar-refractivity contribution in [3.8, 4) is 11.3 Å². The summed E-state index contributed by atoms with van der Waals surface area (Å²) < 4.78 is 35.7. The van der Waals surface area contributed by atoms with Gasteiger partial charge in [-0.05, 0) is 6.42 Å². The normalized spacial score (nSPS) is 19.2. The number of aromatic nitrogens is 2. The summed E-state index contributed by atoms with van der Waals surface area (Å²) in [6, 6.07) is 9.33. The van der Waals surface area contributed by atoms with E-state index in [0.29, 0.717) is 34.9 Å². The number of piperidine rings is 1. The second kappa shape index (κ2) is 8.28. The number of alkyl halides is 1. The van der Waals surface area contributed by atoms with Gasteiger partial charge in [0.25, 0.3) is 0 Å². The number of benzene rings is 1. The number of methoxy groups -OCH3 is 1. The Morgan fingerprint density at radius 3 is 2.80 bits per heavy atom. The molecule has 2 atom stereocenters. The van der Waals surface area contributed by atoms with Crippen LogP contribution in [0.15, 0.2) is 36.4 Å². The van der Waals surface area contributed by atoms with E-state index in [1.165, 1.54) is 24.1 Å². The molecular formula is C21H19BClF2N3O2. The van der Waals surface area contributed by atoms with E-state index in [2.05, 4.69) is 12.6 Å². The first-order valence-electron chi connectivity index (χ1n) is 9.49. The molecule has 30 heavy (non-hydrogen) atoms. The molecule has 0 N–H and O–H groups in total. The Balaban J connectivity index is 1.61. The van der Waals surface area contributed by atoms with E-state index in [1.54, 1.807) is 28.7 Å². The van der Waals surface area contributed by atoms with E-state index >= 15 is 0 Å². The fourth-order valence-corrected chi connectivity index (χ4v) is 3.98. The number of nitrogens with zero attached hydrogens (tertiary/aromatic N) is 3. The molecule has 1 fully saturated rings. The molecule has 0 radical (unpaired) electrons. The number of halogens is 3. The van der Waals surface area contributed by atoms with E-state index < -0.39 is 24.0 Å². The van der Waals surface area contributed by atoms with Crippen molar-refractivity contribution in [3.63, 3.8) is 0 Å². The molecule has 1 aromatic carbocycles. The average molecular weight is 430 g/mol. The van der Waals surface area contributed by atoms with Crippen LogP contribution in [0.25, 0.3) is 16.8 Å². The molecule has 2 aromatic heterocycles. The Morgan fingerprint density at radius 1 is 1.33 bits per heavy atom. The van der Waals surface area contributed by atoms with Crippen LogP contribution in [0.4, 0.5) is 8.78 Å². The molecule has 2 unspecified atom stereocenters. The standard InChI is InChI=1S/C21H19BClF2N3O2/c1-30-20-6-7-27(11-17(20)25)21(29)12-2-3-14(16(24)8-12)18-4-5-19-15(23)9-13(10-22)28(19)26-18/h2-5,8-10,17,20,22H,6-7,11H2,1H3. The Kier molecular flexibility index (Phi) is 5.71. The van der Waals surface area contributed by atoms with Crippen molar-refractivity contribution in [2.75, 3.05) is 20.2 Å². The van der Waals surface area contributed by atoms with Gasteiger partial charge >= 0.3 is 143 Å². The maximum absolute atomic E-state index is 14.9. The predicted octanol–water partition coefficient (Wildman–Crippen LogP) is 3.04. The molecule has 1 aliphatic heterocycles. The molecule has 3 aromatic rings. The van der Waals surface area contributed by atoms with Gasteiger partial charge in [0.1, 0.15) is 6.17 Å². The molecule has 1 saturated heterocycles. The summed E-state index contributed by atoms with van der Waals surface area (Å²) in [4.78, 5) is 14.1. The first-order valence-corrected chi connectivity index (χ1v) is 9.87. The van der Waals surface area contributed by atoms with Crippen molar-refractivity contribution in [1.29, 1.82) is 0 Å². The summed E-state index contributed by atoms with van der Waals surface area (Å²) in [6.07, 6.45) is -1.38. The van der Waals surface area contributed by atoms with E-state index in [1.807, 2.05) is 0 Å². The molecule has 1 amide bonds.